The van der Waals surface area contributed by atoms with Gasteiger partial charge in [-0.3, -0.25) is 67.7 Å². The highest BCUT2D eigenvalue weighted by molar-refractivity contribution is 8.76. The van der Waals surface area contributed by atoms with Crippen molar-refractivity contribution in [1.29, 1.82) is 5.41 Å². The minimum atomic E-state index is -1.70. The first kappa shape index (κ1) is 80.9. The van der Waals surface area contributed by atoms with Gasteiger partial charge in [0.05, 0.1) is 19.3 Å². The summed E-state index contributed by atoms with van der Waals surface area (Å²) in [6.07, 6.45) is 3.29. The molecule has 21 N–H and O–H groups in total. The number of carbonyl (C=O) groups excluding carboxylic acids is 12. The van der Waals surface area contributed by atoms with Gasteiger partial charge in [0.25, 0.3) is 0 Å². The van der Waals surface area contributed by atoms with Crippen LogP contribution in [0.5, 0.6) is 0 Å². The number of carboxylic acids is 2. The number of nitrogens with two attached hydrogens (primary N) is 3. The van der Waals surface area contributed by atoms with Gasteiger partial charge in [-0.05, 0) is 98.7 Å². The second kappa shape index (κ2) is 39.9. The third kappa shape index (κ3) is 23.9. The van der Waals surface area contributed by atoms with Crippen molar-refractivity contribution in [1.82, 2.24) is 77.9 Å². The van der Waals surface area contributed by atoms with Crippen molar-refractivity contribution in [3.8, 4) is 0 Å². The number of carbonyl (C=O) groups is 14. The van der Waals surface area contributed by atoms with E-state index >= 15 is 14.4 Å². The van der Waals surface area contributed by atoms with Crippen LogP contribution in [-0.4, -0.2) is 228 Å². The molecule has 8 rings (SSSR count). The first-order valence-corrected chi connectivity index (χ1v) is 37.4. The number of rotatable bonds is 26. The van der Waals surface area contributed by atoms with E-state index in [1.54, 1.807) is 36.5 Å². The van der Waals surface area contributed by atoms with Gasteiger partial charge < -0.3 is 100 Å². The lowest BCUT2D eigenvalue weighted by atomic mass is 9.99. The van der Waals surface area contributed by atoms with Crippen molar-refractivity contribution in [2.75, 3.05) is 44.2 Å². The smallest absolute Gasteiger partial charge is 0.326 e. The van der Waals surface area contributed by atoms with Gasteiger partial charge in [-0.15, -0.1) is 0 Å². The molecule has 3 aromatic carbocycles. The van der Waals surface area contributed by atoms with Crippen molar-refractivity contribution in [2.24, 2.45) is 17.2 Å². The number of aliphatic carboxylic acids is 2. The lowest BCUT2D eigenvalue weighted by Gasteiger charge is -2.33. The molecule has 3 aliphatic heterocycles. The molecule has 0 aliphatic carbocycles. The molecule has 0 unspecified atom stereocenters. The molecule has 5 aromatic rings. The number of primary amides is 1. The highest BCUT2D eigenvalue weighted by Crippen LogP contribution is 2.29. The molecule has 0 spiro atoms. The number of hydrogen-bond acceptors (Lipinski definition) is 19. The van der Waals surface area contributed by atoms with E-state index in [-0.39, 0.29) is 101 Å². The molecule has 10 atom stereocenters. The zero-order valence-corrected chi connectivity index (χ0v) is 59.8. The van der Waals surface area contributed by atoms with E-state index in [1.165, 1.54) is 22.3 Å². The van der Waals surface area contributed by atoms with E-state index in [0.29, 0.717) is 53.4 Å². The second-order valence-electron chi connectivity index (χ2n) is 26.0. The van der Waals surface area contributed by atoms with Crippen LogP contribution < -0.4 is 70.4 Å². The molecule has 3 saturated heterocycles. The van der Waals surface area contributed by atoms with E-state index in [4.69, 9.17) is 22.6 Å². The number of aromatic amines is 2. The Morgan fingerprint density at radius 3 is 1.99 bits per heavy atom. The molecule has 0 saturated carbocycles. The summed E-state index contributed by atoms with van der Waals surface area (Å²) in [5, 5.41) is 56.0. The van der Waals surface area contributed by atoms with Crippen LogP contribution in [0.1, 0.15) is 100 Å². The van der Waals surface area contributed by atoms with Crippen molar-refractivity contribution in [2.45, 2.75) is 163 Å². The number of H-pyrrole nitrogens is 2. The lowest BCUT2D eigenvalue weighted by Crippen LogP contribution is -2.60. The lowest BCUT2D eigenvalue weighted by molar-refractivity contribution is -0.148. The van der Waals surface area contributed by atoms with Gasteiger partial charge in [-0.25, -0.2) is 9.78 Å². The quantitative estimate of drug-likeness (QED) is 0.0124. The highest BCUT2D eigenvalue weighted by atomic mass is 33.1. The second-order valence-corrected chi connectivity index (χ2v) is 28.6. The van der Waals surface area contributed by atoms with Crippen molar-refractivity contribution in [3.63, 3.8) is 0 Å². The Labute approximate surface area is 616 Å². The third-order valence-corrected chi connectivity index (χ3v) is 20.6. The summed E-state index contributed by atoms with van der Waals surface area (Å²) in [6.45, 7) is -0.426. The number of carboxylic acid groups (broad SMARTS) is 2. The molecule has 0 radical (unpaired) electrons. The molecular weight excluding hydrogens is 1420 g/mol. The SMILES string of the molecule is N=C(N)NCCC[C@@H]1NC(=O)[C@@H](Cc2ccc3ccccc3c2)NC(=O)[C@H](Cc2cnc[nH]2)NC(=O)[C@H](CCC(=O)O)NC(=O)CCSSC[C@@H](C(=O)N2CCC[C@H]2C(=O)N2CCC[C@H]2C(=O)N[C@@H](CCCCN)C(=O)N[C@@H](CC(N)=O)C(=O)O)NC(=O)CNC(=O)[C@H](Cc2c[nH]c3ccccc23)NC1=O. The van der Waals surface area contributed by atoms with E-state index in [1.807, 2.05) is 36.4 Å². The fraction of sp³-hybridized carbons (Fsp3) is 0.478. The molecule has 3 aliphatic rings. The molecule has 37 heteroatoms. The number of para-hydroxylation sites is 1. The van der Waals surface area contributed by atoms with Crippen LogP contribution in [0.2, 0.25) is 0 Å². The number of nitrogens with zero attached hydrogens (tertiary/aromatic N) is 3. The molecule has 35 nitrogen and oxygen atoms in total. The first-order chi connectivity index (χ1) is 50.8. The Morgan fingerprint density at radius 2 is 1.31 bits per heavy atom. The van der Waals surface area contributed by atoms with Gasteiger partial charge in [0, 0.05) is 92.2 Å². The summed E-state index contributed by atoms with van der Waals surface area (Å²) in [4.78, 5) is 209. The summed E-state index contributed by atoms with van der Waals surface area (Å²) in [5.74, 6) is -13.6. The number of unbranched alkanes of at least 4 members (excludes halogenated alkanes) is 1. The molecular formula is C69H91N19O16S2. The van der Waals surface area contributed by atoms with Crippen molar-refractivity contribution < 1.29 is 77.3 Å². The van der Waals surface area contributed by atoms with Crippen LogP contribution in [0, 0.1) is 5.41 Å². The van der Waals surface area contributed by atoms with E-state index in [0.717, 1.165) is 32.4 Å². The zero-order valence-electron chi connectivity index (χ0n) is 58.1. The molecule has 3 fully saturated rings. The average Bonchev–Trinajstić information content (AvgIpc) is 1.62. The number of likely N-dealkylation sites (tertiary alicyclic amines) is 2. The minimum absolute atomic E-state index is 0.00614. The van der Waals surface area contributed by atoms with Gasteiger partial charge >= 0.3 is 11.9 Å². The normalized spacial score (nSPS) is 21.9. The molecule has 2 aromatic heterocycles. The van der Waals surface area contributed by atoms with Crippen LogP contribution in [0.4, 0.5) is 0 Å². The van der Waals surface area contributed by atoms with Crippen LogP contribution >= 0.6 is 21.6 Å². The number of nitrogens with one attached hydrogen (secondary N) is 13. The minimum Gasteiger partial charge on any atom is -0.481 e. The number of hydrogen-bond donors (Lipinski definition) is 18. The number of amides is 12. The maximum Gasteiger partial charge on any atom is 0.326 e. The topological polar surface area (TPSA) is 553 Å². The number of benzene rings is 3. The van der Waals surface area contributed by atoms with Crippen LogP contribution in [0.15, 0.2) is 85.5 Å². The number of imidazole rings is 1. The van der Waals surface area contributed by atoms with Gasteiger partial charge in [0.2, 0.25) is 70.9 Å². The zero-order chi connectivity index (χ0) is 76.4. The summed E-state index contributed by atoms with van der Waals surface area (Å²) in [6, 6.07) is 5.59. The number of guanidine groups is 1. The summed E-state index contributed by atoms with van der Waals surface area (Å²) in [7, 11) is 2.12. The predicted octanol–water partition coefficient (Wildman–Crippen LogP) is -1.95. The fourth-order valence-electron chi connectivity index (χ4n) is 12.8. The molecule has 5 heterocycles. The monoisotopic (exact) mass is 1510 g/mol. The molecule has 570 valence electrons. The predicted molar refractivity (Wildman–Crippen MR) is 390 cm³/mol. The standard InChI is InChI=1S/C69H91N19O16S2/c70-23-6-5-14-45(61(96)86-51(68(103)104)32-55(71)89)82-65(100)53-16-8-25-87(53)67(102)54-17-9-26-88(54)66(101)52-36-106-105-27-22-56(90)79-47(20-21-58(92)93)62(97)85-50(31-42-34-74-37-78-42)64(99)83-48(29-38-18-19-39-10-1-2-11-40(39)28-38)63(98)81-46(15-7-24-75-69(72)73)60(95)84-49(59(94)77-35-57(91)80-52)30-41-33-76-44-13-4-3-12-43(41)44/h1-4,10-13,18-19,28,33-34,37,45-54,76H,5-9,14-17,20-27,29-32,35-36,70H2,(H2,71,89)(H,74,78)(H,77,94)(H,79,90)(H,80,91)(H,81,98)(H,82,100)(H,83,99)(H,84,95)(H,85,97)(H,86,96)(H,92,93)(H,103,104)(H4,72,73,75)/t45-,46-,47-,48+,49-,50-,51-,52-,53-,54-/m0/s1. The van der Waals surface area contributed by atoms with Crippen LogP contribution in [0.25, 0.3) is 21.7 Å². The van der Waals surface area contributed by atoms with Gasteiger partial charge in [-0.2, -0.15) is 0 Å². The van der Waals surface area contributed by atoms with Gasteiger partial charge in [0.15, 0.2) is 5.96 Å². The number of aromatic nitrogens is 3. The Bertz CT molecular complexity index is 4010. The van der Waals surface area contributed by atoms with E-state index in [9.17, 15) is 63.0 Å². The summed E-state index contributed by atoms with van der Waals surface area (Å²) in [5.41, 5.74) is 18.7. The highest BCUT2D eigenvalue weighted by Gasteiger charge is 2.45. The van der Waals surface area contributed by atoms with Crippen LogP contribution in [-0.2, 0) is 86.4 Å². The Hall–Kier alpha value is -10.8. The van der Waals surface area contributed by atoms with Crippen molar-refractivity contribution in [3.05, 3.63) is 102 Å². The van der Waals surface area contributed by atoms with Gasteiger partial charge in [-0.1, -0.05) is 82.3 Å². The van der Waals surface area contributed by atoms with E-state index in [2.05, 4.69) is 68.1 Å². The summed E-state index contributed by atoms with van der Waals surface area (Å²) >= 11 is 0. The molecule has 106 heavy (non-hydrogen) atoms. The molecule has 0 bridgehead atoms. The largest absolute Gasteiger partial charge is 0.481 e. The Morgan fingerprint density at radius 1 is 0.660 bits per heavy atom. The molecule has 12 amide bonds. The fourth-order valence-corrected chi connectivity index (χ4v) is 14.9. The maximum absolute atomic E-state index is 15.1. The third-order valence-electron chi connectivity index (χ3n) is 18.2. The van der Waals surface area contributed by atoms with E-state index < -0.39 is 169 Å². The summed E-state index contributed by atoms with van der Waals surface area (Å²) < 4.78 is 0. The van der Waals surface area contributed by atoms with Crippen molar-refractivity contribution >= 4 is 132 Å². The Kier molecular flexibility index (Phi) is 30.4. The average molecular weight is 1510 g/mol. The first-order valence-electron chi connectivity index (χ1n) is 34.9. The van der Waals surface area contributed by atoms with Crippen LogP contribution in [0.3, 0.4) is 0 Å². The Balaban J connectivity index is 1.09. The number of fused-ring (bicyclic) bond motifs is 2. The van der Waals surface area contributed by atoms with Gasteiger partial charge in [0.1, 0.15) is 60.4 Å². The maximum atomic E-state index is 15.1.